The maximum atomic E-state index is 12.4. The van der Waals surface area contributed by atoms with E-state index in [9.17, 15) is 14.4 Å². The quantitative estimate of drug-likeness (QED) is 0.358. The molecule has 2 aromatic rings. The van der Waals surface area contributed by atoms with Gasteiger partial charge < -0.3 is 17.2 Å². The molecule has 1 aromatic heterocycles. The van der Waals surface area contributed by atoms with Gasteiger partial charge in [0.1, 0.15) is 18.9 Å². The van der Waals surface area contributed by atoms with E-state index in [0.29, 0.717) is 24.9 Å². The Bertz CT molecular complexity index is 939. The van der Waals surface area contributed by atoms with Crippen molar-refractivity contribution in [1.29, 1.82) is 0 Å². The summed E-state index contributed by atoms with van der Waals surface area (Å²) in [6, 6.07) is 6.98. The highest BCUT2D eigenvalue weighted by Gasteiger charge is 2.48. The lowest BCUT2D eigenvalue weighted by molar-refractivity contribution is -0.671. The van der Waals surface area contributed by atoms with E-state index in [1.165, 1.54) is 0 Å². The number of oxime groups is 1. The second-order valence-corrected chi connectivity index (χ2v) is 7.49. The van der Waals surface area contributed by atoms with Crippen LogP contribution in [0, 0.1) is 11.8 Å². The first-order valence-corrected chi connectivity index (χ1v) is 9.50. The molecule has 2 saturated carbocycles. The van der Waals surface area contributed by atoms with Crippen molar-refractivity contribution >= 4 is 23.2 Å². The van der Waals surface area contributed by atoms with Crippen LogP contribution in [0.4, 0.5) is 0 Å². The number of nitrogens with zero attached hydrogens (tertiary/aromatic N) is 3. The summed E-state index contributed by atoms with van der Waals surface area (Å²) < 4.78 is 3.97. The number of Topliss-reactive ketones (excluding diaryl/α,β-unsaturated/α-hetero) is 2. The van der Waals surface area contributed by atoms with Crippen molar-refractivity contribution in [1.82, 2.24) is 4.57 Å². The van der Waals surface area contributed by atoms with Crippen LogP contribution in [0.1, 0.15) is 41.6 Å². The Hall–Kier alpha value is -2.80. The van der Waals surface area contributed by atoms with Crippen LogP contribution in [0.5, 0.6) is 0 Å². The number of aryl methyl sites for hydroxylation is 1. The molecule has 0 spiro atoms. The minimum Gasteiger partial charge on any atom is -1.00 e. The monoisotopic (exact) mass is 415 g/mol. The van der Waals surface area contributed by atoms with Crippen LogP contribution in [0.25, 0.3) is 0 Å². The number of fused-ring (bicyclic) bond motifs is 1. The van der Waals surface area contributed by atoms with Crippen molar-refractivity contribution in [2.75, 3.05) is 0 Å². The fraction of sp³-hybridized carbons (Fsp3) is 0.381. The van der Waals surface area contributed by atoms with Crippen LogP contribution in [-0.4, -0.2) is 27.8 Å². The molecular formula is C21H22ClN3O4. The van der Waals surface area contributed by atoms with E-state index >= 15 is 0 Å². The van der Waals surface area contributed by atoms with Crippen molar-refractivity contribution in [2.45, 2.75) is 32.2 Å². The topological polar surface area (TPSA) is 81.6 Å². The predicted octanol–water partition coefficient (Wildman–Crippen LogP) is -1.16. The predicted molar refractivity (Wildman–Crippen MR) is 99.5 cm³/mol. The molecule has 0 aliphatic heterocycles. The molecule has 0 radical (unpaired) electrons. The number of hydrogen-bond acceptors (Lipinski definition) is 5. The van der Waals surface area contributed by atoms with Gasteiger partial charge in [-0.05, 0) is 30.5 Å². The van der Waals surface area contributed by atoms with Gasteiger partial charge in [0.25, 0.3) is 0 Å². The van der Waals surface area contributed by atoms with Crippen molar-refractivity contribution in [2.24, 2.45) is 24.0 Å². The molecule has 2 atom stereocenters. The second kappa shape index (κ2) is 8.69. The van der Waals surface area contributed by atoms with Crippen LogP contribution in [0.2, 0.25) is 0 Å². The molecule has 8 heteroatoms. The van der Waals surface area contributed by atoms with Crippen LogP contribution in [-0.2, 0) is 28.0 Å². The number of aromatic nitrogens is 2. The number of imidazole rings is 1. The van der Waals surface area contributed by atoms with Gasteiger partial charge in [-0.1, -0.05) is 30.1 Å². The lowest BCUT2D eigenvalue weighted by atomic mass is 9.81. The molecule has 0 N–H and O–H groups in total. The Kier molecular flexibility index (Phi) is 6.27. The minimum absolute atomic E-state index is 0. The summed E-state index contributed by atoms with van der Waals surface area (Å²) in [6.07, 6.45) is 9.19. The molecule has 2 aliphatic rings. The van der Waals surface area contributed by atoms with Crippen LogP contribution < -0.4 is 17.0 Å². The Morgan fingerprint density at radius 1 is 1.14 bits per heavy atom. The summed E-state index contributed by atoms with van der Waals surface area (Å²) in [5.41, 5.74) is 1.15. The zero-order chi connectivity index (χ0) is 19.7. The van der Waals surface area contributed by atoms with Gasteiger partial charge in [0.05, 0.1) is 12.6 Å². The maximum absolute atomic E-state index is 12.4. The summed E-state index contributed by atoms with van der Waals surface area (Å²) in [4.78, 5) is 41.9. The number of hydrogen-bond donors (Lipinski definition) is 0. The van der Waals surface area contributed by atoms with E-state index in [2.05, 4.69) is 5.16 Å². The van der Waals surface area contributed by atoms with Crippen molar-refractivity contribution in [3.05, 3.63) is 54.1 Å². The van der Waals surface area contributed by atoms with E-state index in [4.69, 9.17) is 4.84 Å². The molecule has 7 nitrogen and oxygen atoms in total. The molecular weight excluding hydrogens is 394 g/mol. The molecule has 152 valence electrons. The summed E-state index contributed by atoms with van der Waals surface area (Å²) in [5, 5.41) is 3.64. The highest BCUT2D eigenvalue weighted by atomic mass is 35.5. The molecule has 0 saturated heterocycles. The third-order valence-electron chi connectivity index (χ3n) is 5.50. The first-order valence-electron chi connectivity index (χ1n) is 9.50. The largest absolute Gasteiger partial charge is 1.00 e. The SMILES string of the molecule is C[n+]1ccn(Cc2ccc(C(=O)ON=C3C(=O)C4CCCCC4C3=O)cc2)c1.[Cl-]. The zero-order valence-electron chi connectivity index (χ0n) is 16.1. The molecule has 1 aromatic carbocycles. The molecule has 2 aliphatic carbocycles. The van der Waals surface area contributed by atoms with E-state index in [0.717, 1.165) is 18.4 Å². The van der Waals surface area contributed by atoms with Gasteiger partial charge in [-0.25, -0.2) is 13.9 Å². The zero-order valence-corrected chi connectivity index (χ0v) is 16.8. The van der Waals surface area contributed by atoms with Crippen molar-refractivity contribution < 1.29 is 36.2 Å². The minimum atomic E-state index is -0.679. The van der Waals surface area contributed by atoms with E-state index in [1.54, 1.807) is 12.1 Å². The first-order chi connectivity index (χ1) is 13.5. The Labute approximate surface area is 174 Å². The number of ketones is 2. The van der Waals surface area contributed by atoms with Gasteiger partial charge in [0.15, 0.2) is 17.3 Å². The highest BCUT2D eigenvalue weighted by molar-refractivity contribution is 6.70. The molecule has 29 heavy (non-hydrogen) atoms. The summed E-state index contributed by atoms with van der Waals surface area (Å²) >= 11 is 0. The average molecular weight is 416 g/mol. The summed E-state index contributed by atoms with van der Waals surface area (Å²) in [7, 11) is 1.95. The van der Waals surface area contributed by atoms with Gasteiger partial charge in [0.2, 0.25) is 6.33 Å². The number of carbonyl (C=O) groups excluding carboxylic acids is 3. The van der Waals surface area contributed by atoms with Gasteiger partial charge in [-0.2, -0.15) is 0 Å². The Morgan fingerprint density at radius 2 is 1.76 bits per heavy atom. The van der Waals surface area contributed by atoms with E-state index in [1.807, 2.05) is 47.0 Å². The number of benzene rings is 1. The number of rotatable bonds is 4. The number of carbonyl (C=O) groups is 3. The van der Waals surface area contributed by atoms with Crippen LogP contribution in [0.15, 0.2) is 48.1 Å². The van der Waals surface area contributed by atoms with Crippen LogP contribution >= 0.6 is 0 Å². The van der Waals surface area contributed by atoms with Gasteiger partial charge >= 0.3 is 5.97 Å². The molecule has 4 rings (SSSR count). The fourth-order valence-corrected chi connectivity index (χ4v) is 4.01. The van der Waals surface area contributed by atoms with E-state index < -0.39 is 5.97 Å². The summed E-state index contributed by atoms with van der Waals surface area (Å²) in [6.45, 7) is 0.685. The lowest BCUT2D eigenvalue weighted by Crippen LogP contribution is -3.00. The third kappa shape index (κ3) is 4.29. The standard InChI is InChI=1S/C21H22N3O4.ClH/c1-23-10-11-24(13-23)12-14-6-8-15(9-7-14)21(27)28-22-18-19(25)16-4-2-3-5-17(16)20(18)26;/h6-11,13,16-17H,2-5,12H2,1H3;1H/q+1;/p-1. The lowest BCUT2D eigenvalue weighted by Gasteiger charge is -2.20. The smallest absolute Gasteiger partial charge is 0.365 e. The van der Waals surface area contributed by atoms with Gasteiger partial charge in [-0.3, -0.25) is 9.59 Å². The first kappa shape index (κ1) is 20.9. The number of halogens is 1. The summed E-state index contributed by atoms with van der Waals surface area (Å²) in [5.74, 6) is -1.81. The fourth-order valence-electron chi connectivity index (χ4n) is 4.01. The molecule has 2 fully saturated rings. The van der Waals surface area contributed by atoms with Crippen molar-refractivity contribution in [3.8, 4) is 0 Å². The van der Waals surface area contributed by atoms with Crippen LogP contribution in [0.3, 0.4) is 0 Å². The third-order valence-corrected chi connectivity index (χ3v) is 5.50. The Morgan fingerprint density at radius 3 is 2.31 bits per heavy atom. The Balaban J connectivity index is 0.00000240. The van der Waals surface area contributed by atoms with Gasteiger partial charge in [0, 0.05) is 11.8 Å². The van der Waals surface area contributed by atoms with E-state index in [-0.39, 0.29) is 41.5 Å². The maximum Gasteiger partial charge on any atom is 0.365 e. The second-order valence-electron chi connectivity index (χ2n) is 7.49. The van der Waals surface area contributed by atoms with Crippen molar-refractivity contribution in [3.63, 3.8) is 0 Å². The molecule has 1 heterocycles. The normalized spacial score (nSPS) is 20.8. The molecule has 0 amide bonds. The van der Waals surface area contributed by atoms with Gasteiger partial charge in [-0.15, -0.1) is 0 Å². The highest BCUT2D eigenvalue weighted by Crippen LogP contribution is 2.36. The average Bonchev–Trinajstić information content (AvgIpc) is 3.22. The molecule has 2 unspecified atom stereocenters. The molecule has 0 bridgehead atoms.